The van der Waals surface area contributed by atoms with Crippen molar-refractivity contribution in [1.82, 2.24) is 25.2 Å². The number of nitrogens with one attached hydrogen (secondary N) is 3. The van der Waals surface area contributed by atoms with Crippen molar-refractivity contribution in [1.29, 1.82) is 0 Å². The van der Waals surface area contributed by atoms with Gasteiger partial charge in [0.1, 0.15) is 17.6 Å². The zero-order chi connectivity index (χ0) is 37.5. The highest BCUT2D eigenvalue weighted by Crippen LogP contribution is 2.29. The number of hydrogen-bond acceptors (Lipinski definition) is 11. The van der Waals surface area contributed by atoms with Crippen LogP contribution in [0.15, 0.2) is 52.9 Å². The summed E-state index contributed by atoms with van der Waals surface area (Å²) in [6, 6.07) is 9.55. The van der Waals surface area contributed by atoms with E-state index in [0.717, 1.165) is 37.1 Å². The molecule has 2 aromatic carbocycles. The monoisotopic (exact) mass is 778 g/mol. The van der Waals surface area contributed by atoms with Gasteiger partial charge in [-0.2, -0.15) is 0 Å². The molecule has 0 aliphatic carbocycles. The van der Waals surface area contributed by atoms with Crippen LogP contribution >= 0.6 is 11.6 Å². The van der Waals surface area contributed by atoms with Crippen LogP contribution in [-0.4, -0.2) is 100 Å². The molecule has 2 saturated heterocycles. The van der Waals surface area contributed by atoms with Gasteiger partial charge in [-0.3, -0.25) is 14.4 Å². The predicted molar refractivity (Wildman–Crippen MR) is 198 cm³/mol. The maximum absolute atomic E-state index is 14.3. The number of halogens is 1. The molecule has 2 aliphatic heterocycles. The average molecular weight is 779 g/mol. The first-order valence-corrected chi connectivity index (χ1v) is 21.6. The van der Waals surface area contributed by atoms with Gasteiger partial charge >= 0.3 is 0 Å². The standard InChI is InChI=1S/C35H47ClN6O8S2/c1-51(46,47)41-29(14-11-23-15-18-38-19-16-23)35(45)42-21-26(52(48,49)22-24-9-12-25(36)13-10-24)20-30(42)33(44)39-28(7-4-5-17-37)32(43)34-40-27-6-2-3-8-31(27)50-34/h2-3,6,8-10,12-13,23,26,28-30,38,41H,4-5,7,11,14-22,37H2,1H3,(H,39,44)/t26-,28+,29-,30+/m1/s1. The second-order valence-electron chi connectivity index (χ2n) is 13.7. The lowest BCUT2D eigenvalue weighted by Gasteiger charge is -2.30. The maximum atomic E-state index is 14.3. The minimum Gasteiger partial charge on any atom is -0.434 e. The van der Waals surface area contributed by atoms with Gasteiger partial charge in [0.05, 0.1) is 23.3 Å². The second-order valence-corrected chi connectivity index (χ2v) is 18.2. The molecule has 5 N–H and O–H groups in total. The second kappa shape index (κ2) is 17.6. The minimum absolute atomic E-state index is 0.168. The summed E-state index contributed by atoms with van der Waals surface area (Å²) in [5.41, 5.74) is 7.05. The predicted octanol–water partition coefficient (Wildman–Crippen LogP) is 2.56. The first-order valence-electron chi connectivity index (χ1n) is 17.6. The maximum Gasteiger partial charge on any atom is 0.266 e. The number of sulfonamides is 1. The highest BCUT2D eigenvalue weighted by atomic mass is 35.5. The average Bonchev–Trinajstić information content (AvgIpc) is 3.76. The third kappa shape index (κ3) is 10.6. The molecule has 284 valence electrons. The van der Waals surface area contributed by atoms with Crippen molar-refractivity contribution in [2.45, 2.75) is 80.5 Å². The van der Waals surface area contributed by atoms with Crippen LogP contribution in [0.25, 0.3) is 11.1 Å². The van der Waals surface area contributed by atoms with E-state index in [0.29, 0.717) is 47.5 Å². The Kier molecular flexibility index (Phi) is 13.5. The number of benzene rings is 2. The van der Waals surface area contributed by atoms with Gasteiger partial charge in [0.2, 0.25) is 27.6 Å². The first kappa shape index (κ1) is 39.8. The van der Waals surface area contributed by atoms with E-state index < -0.39 is 60.8 Å². The Balaban J connectivity index is 1.43. The molecule has 3 heterocycles. The van der Waals surface area contributed by atoms with Crippen LogP contribution in [0.4, 0.5) is 0 Å². The number of sulfone groups is 1. The number of carbonyl (C=O) groups excluding carboxylic acids is 3. The lowest BCUT2D eigenvalue weighted by molar-refractivity contribution is -0.140. The van der Waals surface area contributed by atoms with Crippen molar-refractivity contribution in [3.05, 3.63) is 65.0 Å². The van der Waals surface area contributed by atoms with E-state index in [-0.39, 0.29) is 43.4 Å². The van der Waals surface area contributed by atoms with Crippen molar-refractivity contribution in [2.24, 2.45) is 11.7 Å². The van der Waals surface area contributed by atoms with E-state index in [4.69, 9.17) is 21.8 Å². The van der Waals surface area contributed by atoms with Gasteiger partial charge in [-0.15, -0.1) is 0 Å². The molecule has 0 radical (unpaired) electrons. The molecule has 2 aliphatic rings. The van der Waals surface area contributed by atoms with E-state index in [1.165, 1.54) is 0 Å². The molecule has 52 heavy (non-hydrogen) atoms. The Hall–Kier alpha value is -3.41. The number of hydrogen-bond donors (Lipinski definition) is 4. The third-order valence-corrected chi connectivity index (χ3v) is 12.8. The number of nitrogens with two attached hydrogens (primary N) is 1. The number of likely N-dealkylation sites (tertiary alicyclic amines) is 1. The van der Waals surface area contributed by atoms with Gasteiger partial charge in [-0.05, 0) is 107 Å². The van der Waals surface area contributed by atoms with Crippen LogP contribution in [-0.2, 0) is 35.2 Å². The molecule has 0 bridgehead atoms. The van der Waals surface area contributed by atoms with Crippen LogP contribution in [0.2, 0.25) is 5.02 Å². The van der Waals surface area contributed by atoms with Crippen molar-refractivity contribution in [2.75, 3.05) is 32.4 Å². The molecule has 14 nitrogen and oxygen atoms in total. The van der Waals surface area contributed by atoms with Crippen molar-refractivity contribution < 1.29 is 35.6 Å². The molecule has 0 spiro atoms. The van der Waals surface area contributed by atoms with Crippen molar-refractivity contribution in [3.63, 3.8) is 0 Å². The molecule has 5 rings (SSSR count). The lowest BCUT2D eigenvalue weighted by Crippen LogP contribution is -2.55. The number of para-hydroxylation sites is 2. The fraction of sp³-hybridized carbons (Fsp3) is 0.543. The fourth-order valence-corrected chi connectivity index (χ4v) is 9.52. The molecule has 17 heteroatoms. The summed E-state index contributed by atoms with van der Waals surface area (Å²) < 4.78 is 60.8. The molecule has 2 amide bonds. The van der Waals surface area contributed by atoms with E-state index in [1.807, 2.05) is 0 Å². The van der Waals surface area contributed by atoms with E-state index in [9.17, 15) is 31.2 Å². The zero-order valence-corrected chi connectivity index (χ0v) is 31.5. The van der Waals surface area contributed by atoms with Gasteiger partial charge in [0.15, 0.2) is 15.4 Å². The third-order valence-electron chi connectivity index (χ3n) is 9.70. The molecule has 1 aromatic heterocycles. The summed E-state index contributed by atoms with van der Waals surface area (Å²) in [5, 5.41) is 5.35. The molecule has 2 fully saturated rings. The van der Waals surface area contributed by atoms with Gasteiger partial charge in [0.25, 0.3) is 5.89 Å². The Morgan fingerprint density at radius 3 is 2.40 bits per heavy atom. The van der Waals surface area contributed by atoms with E-state index in [2.05, 4.69) is 20.3 Å². The van der Waals surface area contributed by atoms with Crippen LogP contribution in [0, 0.1) is 5.92 Å². The number of oxazole rings is 1. The highest BCUT2D eigenvalue weighted by molar-refractivity contribution is 7.91. The number of rotatable bonds is 17. The van der Waals surface area contributed by atoms with Crippen LogP contribution in [0.3, 0.4) is 0 Å². The summed E-state index contributed by atoms with van der Waals surface area (Å²) in [6.45, 7) is 1.67. The van der Waals surface area contributed by atoms with Gasteiger partial charge in [0, 0.05) is 11.6 Å². The van der Waals surface area contributed by atoms with Crippen LogP contribution in [0.1, 0.15) is 67.6 Å². The van der Waals surface area contributed by atoms with Gasteiger partial charge < -0.3 is 25.7 Å². The smallest absolute Gasteiger partial charge is 0.266 e. The molecular weight excluding hydrogens is 732 g/mol. The Labute approximate surface area is 309 Å². The number of aromatic nitrogens is 1. The SMILES string of the molecule is CS(=O)(=O)N[C@H](CCC1CCNCC1)C(=O)N1C[C@H](S(=O)(=O)Cc2ccc(Cl)cc2)C[C@H]1C(=O)N[C@@H](CCCCN)C(=O)c1nc2ccccc2o1. The zero-order valence-electron chi connectivity index (χ0n) is 29.1. The quantitative estimate of drug-likeness (QED) is 0.116. The van der Waals surface area contributed by atoms with Crippen LogP contribution in [0.5, 0.6) is 0 Å². The number of carbonyl (C=O) groups is 3. The number of nitrogens with zero attached hydrogens (tertiary/aromatic N) is 2. The molecule has 3 aromatic rings. The highest BCUT2D eigenvalue weighted by Gasteiger charge is 2.47. The topological polar surface area (TPSA) is 211 Å². The number of Topliss-reactive ketones (excluding diaryl/α,β-unsaturated/α-hetero) is 1. The summed E-state index contributed by atoms with van der Waals surface area (Å²) in [4.78, 5) is 47.7. The van der Waals surface area contributed by atoms with Crippen LogP contribution < -0.4 is 21.1 Å². The van der Waals surface area contributed by atoms with Crippen molar-refractivity contribution >= 4 is 60.2 Å². The molecule has 0 saturated carbocycles. The number of amides is 2. The largest absolute Gasteiger partial charge is 0.434 e. The number of unbranched alkanes of at least 4 members (excludes halogenated alkanes) is 1. The Morgan fingerprint density at radius 1 is 1.02 bits per heavy atom. The summed E-state index contributed by atoms with van der Waals surface area (Å²) in [7, 11) is -7.81. The lowest BCUT2D eigenvalue weighted by atomic mass is 9.91. The number of piperidine rings is 1. The molecular formula is C35H47ClN6O8S2. The fourth-order valence-electron chi connectivity index (χ4n) is 6.90. The van der Waals surface area contributed by atoms with Gasteiger partial charge in [-0.1, -0.05) is 35.9 Å². The number of fused-ring (bicyclic) bond motifs is 1. The first-order chi connectivity index (χ1) is 24.7. The molecule has 4 atom stereocenters. The van der Waals surface area contributed by atoms with Crippen molar-refractivity contribution in [3.8, 4) is 0 Å². The summed E-state index contributed by atoms with van der Waals surface area (Å²) in [6.07, 6.45) is 4.42. The minimum atomic E-state index is -3.94. The molecule has 0 unspecified atom stereocenters. The number of ketones is 1. The summed E-state index contributed by atoms with van der Waals surface area (Å²) in [5.74, 6) is -2.30. The normalized spacial score (nSPS) is 19.8. The Bertz CT molecular complexity index is 1900. The Morgan fingerprint density at radius 2 is 1.73 bits per heavy atom. The van der Waals surface area contributed by atoms with E-state index in [1.54, 1.807) is 48.5 Å². The van der Waals surface area contributed by atoms with Gasteiger partial charge in [-0.25, -0.2) is 26.5 Å². The van der Waals surface area contributed by atoms with E-state index >= 15 is 0 Å². The summed E-state index contributed by atoms with van der Waals surface area (Å²) >= 11 is 6.00.